The monoisotopic (exact) mass is 323 g/mol. The van der Waals surface area contributed by atoms with Crippen LogP contribution in [0.25, 0.3) is 0 Å². The first-order chi connectivity index (χ1) is 9.13. The molecular weight excluding hydrogens is 309 g/mol. The molecule has 0 saturated heterocycles. The lowest BCUT2D eigenvalue weighted by molar-refractivity contribution is 0.558. The molecule has 0 aliphatic rings. The van der Waals surface area contributed by atoms with Gasteiger partial charge < -0.3 is 11.1 Å². The minimum atomic E-state index is -0.299. The fraction of sp³-hybridized carbons (Fsp3) is 0.214. The van der Waals surface area contributed by atoms with E-state index < -0.39 is 0 Å². The van der Waals surface area contributed by atoms with E-state index in [1.165, 1.54) is 6.07 Å². The molecule has 0 aliphatic heterocycles. The van der Waals surface area contributed by atoms with Crippen molar-refractivity contribution in [1.82, 2.24) is 10.3 Å². The lowest BCUT2D eigenvalue weighted by atomic mass is 9.98. The van der Waals surface area contributed by atoms with Gasteiger partial charge in [0.2, 0.25) is 0 Å². The molecular formula is C14H15BrFN3. The Bertz CT molecular complexity index is 574. The highest BCUT2D eigenvalue weighted by molar-refractivity contribution is 9.10. The minimum Gasteiger partial charge on any atom is -0.398 e. The average Bonchev–Trinajstić information content (AvgIpc) is 2.38. The van der Waals surface area contributed by atoms with Crippen LogP contribution in [0.4, 0.5) is 10.1 Å². The molecule has 1 aromatic heterocycles. The quantitative estimate of drug-likeness (QED) is 0.908. The molecule has 0 fully saturated rings. The summed E-state index contributed by atoms with van der Waals surface area (Å²) in [6, 6.07) is 6.43. The van der Waals surface area contributed by atoms with Gasteiger partial charge in [-0.05, 0) is 24.7 Å². The van der Waals surface area contributed by atoms with E-state index in [1.807, 2.05) is 13.0 Å². The molecule has 2 aromatic rings. The molecule has 0 aliphatic carbocycles. The molecule has 1 atom stereocenters. The molecule has 1 unspecified atom stereocenters. The molecule has 1 aromatic carbocycles. The zero-order chi connectivity index (χ0) is 13.8. The second-order valence-corrected chi connectivity index (χ2v) is 5.08. The maximum atomic E-state index is 14.1. The Hall–Kier alpha value is -1.46. The number of hydrogen-bond acceptors (Lipinski definition) is 3. The van der Waals surface area contributed by atoms with E-state index in [0.29, 0.717) is 22.3 Å². The summed E-state index contributed by atoms with van der Waals surface area (Å²) in [5.41, 5.74) is 7.90. The van der Waals surface area contributed by atoms with Crippen LogP contribution in [0.1, 0.15) is 24.1 Å². The third kappa shape index (κ3) is 3.11. The van der Waals surface area contributed by atoms with Gasteiger partial charge in [-0.15, -0.1) is 0 Å². The largest absolute Gasteiger partial charge is 0.398 e. The average molecular weight is 324 g/mol. The van der Waals surface area contributed by atoms with Crippen molar-refractivity contribution < 1.29 is 4.39 Å². The van der Waals surface area contributed by atoms with E-state index >= 15 is 0 Å². The summed E-state index contributed by atoms with van der Waals surface area (Å²) in [7, 11) is 0. The minimum absolute atomic E-state index is 0.274. The van der Waals surface area contributed by atoms with Gasteiger partial charge in [-0.1, -0.05) is 28.9 Å². The molecule has 2 rings (SSSR count). The molecule has 19 heavy (non-hydrogen) atoms. The van der Waals surface area contributed by atoms with Gasteiger partial charge in [-0.25, -0.2) is 4.39 Å². The standard InChI is InChI=1S/C14H15BrFN3/c1-2-19-14(11-8-18-6-5-13(11)17)10-4-3-9(15)7-12(10)16/h3-8,14,19H,2H2,1H3,(H2,17,18). The highest BCUT2D eigenvalue weighted by Gasteiger charge is 2.19. The van der Waals surface area contributed by atoms with Gasteiger partial charge in [0.1, 0.15) is 5.82 Å². The molecule has 0 saturated carbocycles. The number of nitrogen functional groups attached to an aromatic ring is 1. The molecule has 0 spiro atoms. The van der Waals surface area contributed by atoms with E-state index in [9.17, 15) is 4.39 Å². The first-order valence-corrected chi connectivity index (χ1v) is 6.80. The number of rotatable bonds is 4. The van der Waals surface area contributed by atoms with Crippen molar-refractivity contribution in [3.63, 3.8) is 0 Å². The van der Waals surface area contributed by atoms with E-state index in [1.54, 1.807) is 24.5 Å². The number of aromatic nitrogens is 1. The van der Waals surface area contributed by atoms with E-state index in [-0.39, 0.29) is 11.9 Å². The zero-order valence-corrected chi connectivity index (χ0v) is 12.1. The summed E-state index contributed by atoms with van der Waals surface area (Å²) < 4.78 is 14.8. The van der Waals surface area contributed by atoms with Gasteiger partial charge in [-0.2, -0.15) is 0 Å². The summed E-state index contributed by atoms with van der Waals surface area (Å²) in [6.45, 7) is 2.67. The smallest absolute Gasteiger partial charge is 0.129 e. The van der Waals surface area contributed by atoms with Gasteiger partial charge in [0.05, 0.1) is 6.04 Å². The molecule has 3 N–H and O–H groups in total. The topological polar surface area (TPSA) is 50.9 Å². The van der Waals surface area contributed by atoms with E-state index in [4.69, 9.17) is 5.73 Å². The summed E-state index contributed by atoms with van der Waals surface area (Å²) in [4.78, 5) is 4.07. The third-order valence-corrected chi connectivity index (χ3v) is 3.37. The SMILES string of the molecule is CCNC(c1cnccc1N)c1ccc(Br)cc1F. The van der Waals surface area contributed by atoms with Crippen LogP contribution in [0.5, 0.6) is 0 Å². The van der Waals surface area contributed by atoms with Crippen molar-refractivity contribution in [3.05, 3.63) is 58.1 Å². The summed E-state index contributed by atoms with van der Waals surface area (Å²) in [5.74, 6) is -0.274. The number of pyridine rings is 1. The Morgan fingerprint density at radius 1 is 1.37 bits per heavy atom. The maximum absolute atomic E-state index is 14.1. The second kappa shape index (κ2) is 6.12. The Kier molecular flexibility index (Phi) is 4.50. The highest BCUT2D eigenvalue weighted by Crippen LogP contribution is 2.29. The van der Waals surface area contributed by atoms with Crippen LogP contribution in [0.15, 0.2) is 41.1 Å². The van der Waals surface area contributed by atoms with Crippen molar-refractivity contribution in [3.8, 4) is 0 Å². The Balaban J connectivity index is 2.48. The number of anilines is 1. The van der Waals surface area contributed by atoms with Gasteiger partial charge >= 0.3 is 0 Å². The first kappa shape index (κ1) is 14.0. The van der Waals surface area contributed by atoms with Gasteiger partial charge in [-0.3, -0.25) is 4.98 Å². The summed E-state index contributed by atoms with van der Waals surface area (Å²) in [5, 5.41) is 3.24. The number of nitrogens with zero attached hydrogens (tertiary/aromatic N) is 1. The van der Waals surface area contributed by atoms with Crippen LogP contribution in [-0.4, -0.2) is 11.5 Å². The zero-order valence-electron chi connectivity index (χ0n) is 10.5. The number of nitrogens with one attached hydrogen (secondary N) is 1. The number of halogens is 2. The lowest BCUT2D eigenvalue weighted by Gasteiger charge is -2.20. The predicted molar refractivity (Wildman–Crippen MR) is 78.3 cm³/mol. The van der Waals surface area contributed by atoms with Crippen LogP contribution in [0.2, 0.25) is 0 Å². The number of nitrogens with two attached hydrogens (primary N) is 1. The van der Waals surface area contributed by atoms with Crippen LogP contribution >= 0.6 is 15.9 Å². The number of hydrogen-bond donors (Lipinski definition) is 2. The van der Waals surface area contributed by atoms with Crippen molar-refractivity contribution in [2.45, 2.75) is 13.0 Å². The Labute approximate surface area is 120 Å². The third-order valence-electron chi connectivity index (χ3n) is 2.88. The van der Waals surface area contributed by atoms with Crippen LogP contribution in [0, 0.1) is 5.82 Å². The van der Waals surface area contributed by atoms with Crippen molar-refractivity contribution in [1.29, 1.82) is 0 Å². The fourth-order valence-corrected chi connectivity index (χ4v) is 2.32. The van der Waals surface area contributed by atoms with Crippen LogP contribution < -0.4 is 11.1 Å². The molecule has 0 amide bonds. The van der Waals surface area contributed by atoms with Crippen molar-refractivity contribution in [2.75, 3.05) is 12.3 Å². The molecule has 3 nitrogen and oxygen atoms in total. The van der Waals surface area contributed by atoms with Gasteiger partial charge in [0, 0.05) is 33.7 Å². The predicted octanol–water partition coefficient (Wildman–Crippen LogP) is 3.26. The summed E-state index contributed by atoms with van der Waals surface area (Å²) >= 11 is 3.26. The van der Waals surface area contributed by atoms with E-state index in [0.717, 1.165) is 5.56 Å². The van der Waals surface area contributed by atoms with Crippen LogP contribution in [-0.2, 0) is 0 Å². The highest BCUT2D eigenvalue weighted by atomic mass is 79.9. The molecule has 5 heteroatoms. The second-order valence-electron chi connectivity index (χ2n) is 4.16. The first-order valence-electron chi connectivity index (χ1n) is 6.01. The Morgan fingerprint density at radius 2 is 2.16 bits per heavy atom. The van der Waals surface area contributed by atoms with Gasteiger partial charge in [0.25, 0.3) is 0 Å². The molecule has 0 radical (unpaired) electrons. The summed E-state index contributed by atoms with van der Waals surface area (Å²) in [6.07, 6.45) is 3.30. The Morgan fingerprint density at radius 3 is 2.79 bits per heavy atom. The molecule has 1 heterocycles. The van der Waals surface area contributed by atoms with Gasteiger partial charge in [0.15, 0.2) is 0 Å². The van der Waals surface area contributed by atoms with Crippen LogP contribution in [0.3, 0.4) is 0 Å². The maximum Gasteiger partial charge on any atom is 0.129 e. The lowest BCUT2D eigenvalue weighted by Crippen LogP contribution is -2.24. The molecule has 100 valence electrons. The van der Waals surface area contributed by atoms with Crippen molar-refractivity contribution in [2.24, 2.45) is 0 Å². The number of benzene rings is 1. The normalized spacial score (nSPS) is 12.4. The fourth-order valence-electron chi connectivity index (χ4n) is 1.99. The molecule has 0 bridgehead atoms. The van der Waals surface area contributed by atoms with E-state index in [2.05, 4.69) is 26.2 Å². The van der Waals surface area contributed by atoms with Crippen molar-refractivity contribution >= 4 is 21.6 Å².